The Kier molecular flexibility index (Phi) is 6.59. The van der Waals surface area contributed by atoms with Crippen LogP contribution in [0.25, 0.3) is 10.2 Å². The SMILES string of the molecule is COc1ccc2nc(N3C(=O)C(O)=C(C(=O)c4sc(C)nc4C)C3c3ccc(OCC(N)=O)cc3)sc2c1. The molecule has 0 aliphatic carbocycles. The van der Waals surface area contributed by atoms with Crippen molar-refractivity contribution in [2.75, 3.05) is 18.6 Å². The van der Waals surface area contributed by atoms with Gasteiger partial charge in [0, 0.05) is 0 Å². The number of rotatable bonds is 8. The lowest BCUT2D eigenvalue weighted by Crippen LogP contribution is -2.31. The minimum absolute atomic E-state index is 0.0654. The van der Waals surface area contributed by atoms with Crippen LogP contribution in [0.3, 0.4) is 0 Å². The minimum atomic E-state index is -0.968. The van der Waals surface area contributed by atoms with E-state index in [0.717, 1.165) is 4.70 Å². The van der Waals surface area contributed by atoms with Crippen molar-refractivity contribution in [3.63, 3.8) is 0 Å². The molecular formula is C26H22N4O6S2. The number of ketones is 1. The van der Waals surface area contributed by atoms with Gasteiger partial charge in [-0.05, 0) is 49.7 Å². The molecule has 194 valence electrons. The standard InChI is InChI=1S/C26H22N4O6S2/c1-12-24(37-13(2)28-12)22(32)20-21(14-4-6-15(7-5-14)36-11-19(27)31)30(25(34)23(20)33)26-29-17-9-8-16(35-3)10-18(17)38-26/h4-10,21,33H,11H2,1-3H3,(H2,27,31). The molecule has 2 aromatic carbocycles. The second kappa shape index (κ2) is 9.88. The highest BCUT2D eigenvalue weighted by Crippen LogP contribution is 2.45. The fourth-order valence-electron chi connectivity index (χ4n) is 4.24. The molecule has 0 radical (unpaired) electrons. The third-order valence-corrected chi connectivity index (χ3v) is 8.02. The van der Waals surface area contributed by atoms with Crippen molar-refractivity contribution in [3.05, 3.63) is 74.9 Å². The number of fused-ring (bicyclic) bond motifs is 1. The molecule has 4 aromatic rings. The van der Waals surface area contributed by atoms with E-state index in [4.69, 9.17) is 15.2 Å². The van der Waals surface area contributed by atoms with Crippen LogP contribution in [-0.2, 0) is 9.59 Å². The topological polar surface area (TPSA) is 145 Å². The molecule has 1 unspecified atom stereocenters. The van der Waals surface area contributed by atoms with Crippen LogP contribution in [0.4, 0.5) is 5.13 Å². The zero-order valence-electron chi connectivity index (χ0n) is 20.5. The normalized spacial score (nSPS) is 15.4. The number of primary amides is 1. The van der Waals surface area contributed by atoms with Gasteiger partial charge in [-0.3, -0.25) is 19.3 Å². The highest BCUT2D eigenvalue weighted by molar-refractivity contribution is 7.22. The number of nitrogens with two attached hydrogens (primary N) is 1. The van der Waals surface area contributed by atoms with E-state index in [0.29, 0.717) is 43.3 Å². The predicted molar refractivity (Wildman–Crippen MR) is 143 cm³/mol. The third-order valence-electron chi connectivity index (χ3n) is 5.93. The highest BCUT2D eigenvalue weighted by Gasteiger charge is 2.46. The number of hydrogen-bond donors (Lipinski definition) is 2. The highest BCUT2D eigenvalue weighted by atomic mass is 32.1. The Morgan fingerprint density at radius 3 is 2.42 bits per heavy atom. The molecule has 5 rings (SSSR count). The first kappa shape index (κ1) is 25.4. The number of thiazole rings is 2. The Balaban J connectivity index is 1.62. The molecule has 0 saturated carbocycles. The molecule has 12 heteroatoms. The smallest absolute Gasteiger partial charge is 0.296 e. The largest absolute Gasteiger partial charge is 0.503 e. The molecule has 10 nitrogen and oxygen atoms in total. The van der Waals surface area contributed by atoms with E-state index in [9.17, 15) is 19.5 Å². The Bertz CT molecular complexity index is 1620. The van der Waals surface area contributed by atoms with E-state index in [1.54, 1.807) is 63.4 Å². The molecule has 3 N–H and O–H groups in total. The average molecular weight is 551 g/mol. The van der Waals surface area contributed by atoms with Gasteiger partial charge in [-0.2, -0.15) is 0 Å². The molecule has 2 amide bonds. The molecule has 38 heavy (non-hydrogen) atoms. The number of methoxy groups -OCH3 is 1. The van der Waals surface area contributed by atoms with Gasteiger partial charge >= 0.3 is 0 Å². The average Bonchev–Trinajstić information content (AvgIpc) is 3.55. The van der Waals surface area contributed by atoms with Gasteiger partial charge in [0.05, 0.1) is 44.5 Å². The molecule has 0 bridgehead atoms. The van der Waals surface area contributed by atoms with Crippen LogP contribution in [0, 0.1) is 13.8 Å². The number of anilines is 1. The molecular weight excluding hydrogens is 528 g/mol. The summed E-state index contributed by atoms with van der Waals surface area (Å²) >= 11 is 2.44. The van der Waals surface area contributed by atoms with Crippen molar-refractivity contribution < 1.29 is 29.0 Å². The van der Waals surface area contributed by atoms with Gasteiger partial charge in [0.1, 0.15) is 11.5 Å². The molecule has 1 atom stereocenters. The summed E-state index contributed by atoms with van der Waals surface area (Å²) in [6, 6.07) is 10.9. The monoisotopic (exact) mass is 550 g/mol. The van der Waals surface area contributed by atoms with E-state index in [-0.39, 0.29) is 12.2 Å². The van der Waals surface area contributed by atoms with Crippen LogP contribution in [-0.4, -0.2) is 46.4 Å². The number of carbonyl (C=O) groups excluding carboxylic acids is 3. The van der Waals surface area contributed by atoms with Crippen molar-refractivity contribution in [2.45, 2.75) is 19.9 Å². The van der Waals surface area contributed by atoms with Gasteiger partial charge in [-0.1, -0.05) is 23.5 Å². The molecule has 0 saturated heterocycles. The summed E-state index contributed by atoms with van der Waals surface area (Å²) in [6.07, 6.45) is 0. The van der Waals surface area contributed by atoms with E-state index in [2.05, 4.69) is 9.97 Å². The first-order chi connectivity index (χ1) is 18.2. The van der Waals surface area contributed by atoms with Crippen LogP contribution in [0.15, 0.2) is 53.8 Å². The molecule has 0 fully saturated rings. The second-order valence-corrected chi connectivity index (χ2v) is 10.7. The number of aliphatic hydroxyl groups excluding tert-OH is 1. The number of aromatic nitrogens is 2. The van der Waals surface area contributed by atoms with Crippen molar-refractivity contribution in [3.8, 4) is 11.5 Å². The molecule has 1 aliphatic rings. The maximum atomic E-state index is 13.8. The summed E-state index contributed by atoms with van der Waals surface area (Å²) in [5.74, 6) is -1.47. The lowest BCUT2D eigenvalue weighted by atomic mass is 9.95. The van der Waals surface area contributed by atoms with Gasteiger partial charge in [0.25, 0.3) is 11.8 Å². The number of Topliss-reactive ketones (excluding diaryl/α,β-unsaturated/α-hetero) is 1. The predicted octanol–water partition coefficient (Wildman–Crippen LogP) is 4.03. The number of aliphatic hydroxyl groups is 1. The van der Waals surface area contributed by atoms with Gasteiger partial charge in [0.2, 0.25) is 5.78 Å². The number of amides is 2. The lowest BCUT2D eigenvalue weighted by Gasteiger charge is -2.24. The number of hydrogen-bond acceptors (Lipinski definition) is 10. The number of benzene rings is 2. The quantitative estimate of drug-likeness (QED) is 0.313. The van der Waals surface area contributed by atoms with Gasteiger partial charge in [-0.15, -0.1) is 11.3 Å². The lowest BCUT2D eigenvalue weighted by molar-refractivity contribution is -0.120. The van der Waals surface area contributed by atoms with Crippen LogP contribution >= 0.6 is 22.7 Å². The Labute approximate surface area is 225 Å². The number of nitrogens with zero attached hydrogens (tertiary/aromatic N) is 3. The van der Waals surface area contributed by atoms with Crippen molar-refractivity contribution in [1.29, 1.82) is 0 Å². The number of ether oxygens (including phenoxy) is 2. The van der Waals surface area contributed by atoms with Gasteiger partial charge in [0.15, 0.2) is 17.5 Å². The Hall–Kier alpha value is -4.29. The van der Waals surface area contributed by atoms with Crippen LogP contribution in [0.1, 0.15) is 32.0 Å². The maximum Gasteiger partial charge on any atom is 0.296 e. The van der Waals surface area contributed by atoms with Crippen LogP contribution in [0.2, 0.25) is 0 Å². The summed E-state index contributed by atoms with van der Waals surface area (Å²) in [5.41, 5.74) is 6.78. The van der Waals surface area contributed by atoms with Crippen LogP contribution < -0.4 is 20.1 Å². The fraction of sp³-hybridized carbons (Fsp3) is 0.192. The van der Waals surface area contributed by atoms with Crippen molar-refractivity contribution in [1.82, 2.24) is 9.97 Å². The Morgan fingerprint density at radius 2 is 1.79 bits per heavy atom. The summed E-state index contributed by atoms with van der Waals surface area (Å²) in [5, 5.41) is 12.0. The van der Waals surface area contributed by atoms with Crippen molar-refractivity contribution in [2.24, 2.45) is 5.73 Å². The minimum Gasteiger partial charge on any atom is -0.503 e. The van der Waals surface area contributed by atoms with Crippen LogP contribution in [0.5, 0.6) is 11.5 Å². The fourth-order valence-corrected chi connectivity index (χ4v) is 6.13. The molecule has 0 spiro atoms. The van der Waals surface area contributed by atoms with Gasteiger partial charge < -0.3 is 20.3 Å². The summed E-state index contributed by atoms with van der Waals surface area (Å²) < 4.78 is 11.4. The molecule has 2 aromatic heterocycles. The number of carbonyl (C=O) groups is 3. The first-order valence-corrected chi connectivity index (χ1v) is 13.0. The molecule has 1 aliphatic heterocycles. The second-order valence-electron chi connectivity index (χ2n) is 8.47. The zero-order valence-corrected chi connectivity index (χ0v) is 22.2. The Morgan fingerprint density at radius 1 is 1.08 bits per heavy atom. The number of aryl methyl sites for hydroxylation is 2. The molecule has 3 heterocycles. The van der Waals surface area contributed by atoms with Crippen molar-refractivity contribution >= 4 is 55.6 Å². The van der Waals surface area contributed by atoms with E-state index in [1.807, 2.05) is 0 Å². The van der Waals surface area contributed by atoms with Gasteiger partial charge in [-0.25, -0.2) is 9.97 Å². The maximum absolute atomic E-state index is 13.8. The summed E-state index contributed by atoms with van der Waals surface area (Å²) in [6.45, 7) is 3.20. The zero-order chi connectivity index (χ0) is 27.1. The van der Waals surface area contributed by atoms with E-state index >= 15 is 0 Å². The summed E-state index contributed by atoms with van der Waals surface area (Å²) in [4.78, 5) is 49.0. The third kappa shape index (κ3) is 4.48. The van der Waals surface area contributed by atoms with E-state index in [1.165, 1.54) is 27.6 Å². The summed E-state index contributed by atoms with van der Waals surface area (Å²) in [7, 11) is 1.56. The first-order valence-electron chi connectivity index (χ1n) is 11.4. The van der Waals surface area contributed by atoms with E-state index < -0.39 is 29.4 Å².